The molecule has 15 heteroatoms. The van der Waals surface area contributed by atoms with Crippen molar-refractivity contribution in [2.45, 2.75) is 264 Å². The summed E-state index contributed by atoms with van der Waals surface area (Å²) >= 11 is 0. The Morgan fingerprint density at radius 1 is 0.746 bits per heavy atom. The fraction of sp³-hybridized carbons (Fsp3) is 0.846. The molecule has 67 heavy (non-hydrogen) atoms. The molecule has 0 spiro atoms. The summed E-state index contributed by atoms with van der Waals surface area (Å²) in [6.07, 6.45) is 8.91. The first-order valence-electron chi connectivity index (χ1n) is 25.4. The maximum absolute atomic E-state index is 12.3. The smallest absolute Gasteiger partial charge is 0.331 e. The number of aliphatic hydroxyl groups is 1. The van der Waals surface area contributed by atoms with Crippen molar-refractivity contribution in [1.29, 1.82) is 0 Å². The zero-order valence-corrected chi connectivity index (χ0v) is 40.7. The van der Waals surface area contributed by atoms with Crippen LogP contribution in [0.2, 0.25) is 0 Å². The van der Waals surface area contributed by atoms with Crippen molar-refractivity contribution in [1.82, 2.24) is 0 Å². The SMILES string of the molecule is C=C(COC(C)=O)CC1CC(O)[C@]2(C)OC3CC4OC5C[C@]6(C)O[C@]7(C)CCC8OC9C[C@]%10(C)OC%11C(C)=CC(=O)OC%11CC%10OC9C[C@@H](C)C8OC7CC6O[C@]5(C)C/C=C\C4OC3CC2O1. The molecule has 11 aliphatic rings. The molecular weight excluding hydrogens is 865 g/mol. The van der Waals surface area contributed by atoms with Crippen LogP contribution in [-0.4, -0.2) is 155 Å². The van der Waals surface area contributed by atoms with Crippen molar-refractivity contribution in [2.75, 3.05) is 6.61 Å². The molecule has 0 saturated carbocycles. The molecule has 0 aromatic heterocycles. The molecule has 9 fully saturated rings. The molecule has 17 unspecified atom stereocenters. The van der Waals surface area contributed by atoms with Crippen molar-refractivity contribution in [3.8, 4) is 0 Å². The van der Waals surface area contributed by atoms with Crippen LogP contribution in [0.5, 0.6) is 0 Å². The van der Waals surface area contributed by atoms with Crippen LogP contribution in [0.1, 0.15) is 132 Å². The van der Waals surface area contributed by atoms with E-state index in [-0.39, 0.29) is 122 Å². The van der Waals surface area contributed by atoms with Crippen molar-refractivity contribution in [3.63, 3.8) is 0 Å². The van der Waals surface area contributed by atoms with Crippen LogP contribution >= 0.6 is 0 Å². The Balaban J connectivity index is 0.759. The summed E-state index contributed by atoms with van der Waals surface area (Å²) in [6, 6.07) is 0. The second kappa shape index (κ2) is 16.9. The van der Waals surface area contributed by atoms with E-state index >= 15 is 0 Å². The van der Waals surface area contributed by atoms with Gasteiger partial charge in [-0.2, -0.15) is 0 Å². The lowest BCUT2D eigenvalue weighted by Crippen LogP contribution is -2.70. The Hall–Kier alpha value is -2.28. The van der Waals surface area contributed by atoms with E-state index in [2.05, 4.69) is 53.3 Å². The van der Waals surface area contributed by atoms with Crippen molar-refractivity contribution < 1.29 is 71.5 Å². The highest BCUT2D eigenvalue weighted by Crippen LogP contribution is 2.55. The van der Waals surface area contributed by atoms with Gasteiger partial charge in [-0.25, -0.2) is 4.79 Å². The number of rotatable bonds is 4. The number of hydrogen-bond acceptors (Lipinski definition) is 15. The van der Waals surface area contributed by atoms with Crippen LogP contribution in [0.15, 0.2) is 36.0 Å². The van der Waals surface area contributed by atoms with Crippen LogP contribution in [-0.2, 0) is 66.4 Å². The molecule has 1 N–H and O–H groups in total. The van der Waals surface area contributed by atoms with Gasteiger partial charge in [-0.1, -0.05) is 25.7 Å². The van der Waals surface area contributed by atoms with E-state index in [1.54, 1.807) is 6.08 Å². The fourth-order valence-electron chi connectivity index (χ4n) is 14.2. The summed E-state index contributed by atoms with van der Waals surface area (Å²) in [5.41, 5.74) is -1.70. The van der Waals surface area contributed by atoms with Crippen LogP contribution in [0.3, 0.4) is 0 Å². The van der Waals surface area contributed by atoms with Gasteiger partial charge < -0.3 is 61.9 Å². The molecular formula is C52H74O15. The summed E-state index contributed by atoms with van der Waals surface area (Å²) in [6.45, 7) is 20.4. The summed E-state index contributed by atoms with van der Waals surface area (Å²) in [7, 11) is 0. The Morgan fingerprint density at radius 2 is 1.51 bits per heavy atom. The maximum atomic E-state index is 12.3. The predicted octanol–water partition coefficient (Wildman–Crippen LogP) is 5.84. The largest absolute Gasteiger partial charge is 0.461 e. The molecule has 0 bridgehead atoms. The van der Waals surface area contributed by atoms with Gasteiger partial charge in [0.2, 0.25) is 0 Å². The molecule has 0 aliphatic carbocycles. The third kappa shape index (κ3) is 8.33. The van der Waals surface area contributed by atoms with Gasteiger partial charge in [-0.15, -0.1) is 0 Å². The van der Waals surface area contributed by atoms with Crippen molar-refractivity contribution in [2.24, 2.45) is 5.92 Å². The van der Waals surface area contributed by atoms with E-state index in [0.29, 0.717) is 57.8 Å². The molecule has 15 nitrogen and oxygen atoms in total. The monoisotopic (exact) mass is 939 g/mol. The Kier molecular flexibility index (Phi) is 11.9. The first kappa shape index (κ1) is 47.1. The lowest BCUT2D eigenvalue weighted by atomic mass is 9.72. The number of aliphatic hydroxyl groups excluding tert-OH is 1. The van der Waals surface area contributed by atoms with Crippen LogP contribution in [0.4, 0.5) is 0 Å². The Labute approximate surface area is 395 Å². The van der Waals surface area contributed by atoms with Crippen LogP contribution < -0.4 is 0 Å². The van der Waals surface area contributed by atoms with Gasteiger partial charge in [0.05, 0.1) is 108 Å². The Morgan fingerprint density at radius 3 is 2.31 bits per heavy atom. The summed E-state index contributed by atoms with van der Waals surface area (Å²) in [5, 5.41) is 11.6. The van der Waals surface area contributed by atoms with E-state index in [0.717, 1.165) is 30.4 Å². The highest BCUT2D eigenvalue weighted by Gasteiger charge is 2.64. The summed E-state index contributed by atoms with van der Waals surface area (Å²) < 4.78 is 81.1. The summed E-state index contributed by atoms with van der Waals surface area (Å²) in [4.78, 5) is 23.6. The topological polar surface area (TPSA) is 165 Å². The van der Waals surface area contributed by atoms with Gasteiger partial charge in [0.25, 0.3) is 0 Å². The normalized spacial score (nSPS) is 54.9. The van der Waals surface area contributed by atoms with E-state index in [4.69, 9.17) is 56.8 Å². The average Bonchev–Trinajstić information content (AvgIpc) is 3.45. The molecule has 0 radical (unpaired) electrons. The number of carbonyl (C=O) groups is 2. The lowest BCUT2D eigenvalue weighted by molar-refractivity contribution is -0.356. The minimum atomic E-state index is -0.917. The minimum Gasteiger partial charge on any atom is -0.461 e. The molecule has 11 aliphatic heterocycles. The van der Waals surface area contributed by atoms with Gasteiger partial charge in [0.1, 0.15) is 30.5 Å². The molecule has 11 rings (SSSR count). The second-order valence-corrected chi connectivity index (χ2v) is 23.4. The number of ether oxygens (including phenoxy) is 12. The highest BCUT2D eigenvalue weighted by molar-refractivity contribution is 5.84. The summed E-state index contributed by atoms with van der Waals surface area (Å²) in [5.74, 6) is -0.506. The molecule has 0 aromatic carbocycles. The molecule has 0 amide bonds. The number of fused-ring (bicyclic) bond motifs is 10. The van der Waals surface area contributed by atoms with E-state index in [1.807, 2.05) is 13.8 Å². The van der Waals surface area contributed by atoms with Crippen LogP contribution in [0, 0.1) is 5.92 Å². The lowest BCUT2D eigenvalue weighted by Gasteiger charge is -2.60. The van der Waals surface area contributed by atoms with E-state index in [9.17, 15) is 14.7 Å². The average molecular weight is 939 g/mol. The second-order valence-electron chi connectivity index (χ2n) is 23.4. The van der Waals surface area contributed by atoms with Gasteiger partial charge in [0.15, 0.2) is 0 Å². The molecule has 0 aromatic rings. The number of hydrogen-bond donors (Lipinski definition) is 1. The molecule has 23 atom stereocenters. The molecule has 9 saturated heterocycles. The first-order chi connectivity index (χ1) is 31.7. The van der Waals surface area contributed by atoms with Crippen molar-refractivity contribution in [3.05, 3.63) is 36.0 Å². The quantitative estimate of drug-likeness (QED) is 0.264. The zero-order valence-electron chi connectivity index (χ0n) is 40.7. The number of esters is 2. The van der Waals surface area contributed by atoms with Crippen LogP contribution in [0.25, 0.3) is 0 Å². The fourth-order valence-corrected chi connectivity index (χ4v) is 14.2. The van der Waals surface area contributed by atoms with Gasteiger partial charge >= 0.3 is 11.9 Å². The molecule has 11 heterocycles. The number of carbonyl (C=O) groups excluding carboxylic acids is 2. The van der Waals surface area contributed by atoms with Gasteiger partial charge in [-0.05, 0) is 90.7 Å². The zero-order chi connectivity index (χ0) is 47.0. The van der Waals surface area contributed by atoms with Gasteiger partial charge in [0, 0.05) is 57.9 Å². The maximum Gasteiger partial charge on any atom is 0.331 e. The standard InChI is InChI=1S/C52H74O15/c1-26(25-56-29(4)53)15-30-18-39(54)52(9)43(57-30)20-35-36(64-52)19-34-31(58-35)11-10-13-48(5)44(61-34)24-51(8)42(65-48)22-41-49(6,67-51)14-12-32-46(63-41)27(2)16-33-38(59-32)23-50(7)40(60-33)21-37-47(66-50)28(3)17-45(55)62-37/h10-11,17,27,30-44,46-47,54H,1,12-16,18-25H2,2-9H3/b11-10-/t27-,30?,31?,32?,33?,34?,35?,36?,37?,38?,39?,40?,41?,42?,43?,44?,46?,47?,48-,49-,50+,51+,52+/m1/s1. The predicted molar refractivity (Wildman–Crippen MR) is 239 cm³/mol. The Bertz CT molecular complexity index is 2030. The molecule has 372 valence electrons. The van der Waals surface area contributed by atoms with E-state index in [1.165, 1.54) is 6.92 Å². The third-order valence-corrected chi connectivity index (χ3v) is 18.1. The van der Waals surface area contributed by atoms with Gasteiger partial charge in [-0.3, -0.25) is 4.79 Å². The minimum absolute atomic E-state index is 0.119. The van der Waals surface area contributed by atoms with E-state index < -0.39 is 34.1 Å². The third-order valence-electron chi connectivity index (χ3n) is 18.1. The highest BCUT2D eigenvalue weighted by atomic mass is 16.7. The first-order valence-corrected chi connectivity index (χ1v) is 25.4. The van der Waals surface area contributed by atoms with Crippen molar-refractivity contribution >= 4 is 11.9 Å².